The van der Waals surface area contributed by atoms with Gasteiger partial charge in [0.1, 0.15) is 0 Å². The Hall–Kier alpha value is -1.85. The highest BCUT2D eigenvalue weighted by atomic mass is 79.9. The van der Waals surface area contributed by atoms with Gasteiger partial charge in [-0.2, -0.15) is 0 Å². The molecule has 0 amide bonds. The van der Waals surface area contributed by atoms with Crippen molar-refractivity contribution in [3.05, 3.63) is 63.9 Å². The van der Waals surface area contributed by atoms with E-state index in [2.05, 4.69) is 31.4 Å². The molecule has 0 saturated carbocycles. The van der Waals surface area contributed by atoms with Crippen molar-refractivity contribution < 1.29 is 4.42 Å². The molecule has 0 atom stereocenters. The van der Waals surface area contributed by atoms with E-state index in [1.807, 2.05) is 42.5 Å². The van der Waals surface area contributed by atoms with E-state index >= 15 is 0 Å². The maximum Gasteiger partial charge on any atom is 0.247 e. The molecular weight excluding hydrogens is 354 g/mol. The minimum absolute atomic E-state index is 0.505. The van der Waals surface area contributed by atoms with Crippen molar-refractivity contribution in [2.75, 3.05) is 5.32 Å². The Labute approximate surface area is 135 Å². The van der Waals surface area contributed by atoms with Gasteiger partial charge in [-0.05, 0) is 51.8 Å². The highest BCUT2D eigenvalue weighted by Crippen LogP contribution is 2.24. The lowest BCUT2D eigenvalue weighted by Crippen LogP contribution is -1.99. The molecule has 1 heterocycles. The summed E-state index contributed by atoms with van der Waals surface area (Å²) in [5.41, 5.74) is 2.96. The second-order valence-corrected chi connectivity index (χ2v) is 5.69. The van der Waals surface area contributed by atoms with Crippen LogP contribution in [0.2, 0.25) is 5.02 Å². The van der Waals surface area contributed by atoms with Gasteiger partial charge >= 0.3 is 0 Å². The van der Waals surface area contributed by atoms with Crippen LogP contribution in [0.4, 0.5) is 5.69 Å². The first-order chi connectivity index (χ1) is 10.2. The van der Waals surface area contributed by atoms with Gasteiger partial charge < -0.3 is 9.73 Å². The van der Waals surface area contributed by atoms with Crippen LogP contribution in [0.25, 0.3) is 11.5 Å². The van der Waals surface area contributed by atoms with Gasteiger partial charge in [-0.3, -0.25) is 0 Å². The SMILES string of the molecule is Clc1cc(CNc2cccc(-c3nnco3)c2)ccc1Br. The molecule has 0 saturated heterocycles. The van der Waals surface area contributed by atoms with E-state index in [0.717, 1.165) is 21.3 Å². The number of hydrogen-bond donors (Lipinski definition) is 1. The van der Waals surface area contributed by atoms with Crippen molar-refractivity contribution in [1.82, 2.24) is 10.2 Å². The van der Waals surface area contributed by atoms with E-state index in [1.54, 1.807) is 0 Å². The van der Waals surface area contributed by atoms with Gasteiger partial charge in [-0.1, -0.05) is 23.7 Å². The fraction of sp³-hybridized carbons (Fsp3) is 0.0667. The van der Waals surface area contributed by atoms with E-state index in [4.69, 9.17) is 16.0 Å². The molecule has 6 heteroatoms. The Morgan fingerprint density at radius 3 is 2.86 bits per heavy atom. The third kappa shape index (κ3) is 3.43. The first kappa shape index (κ1) is 14.1. The summed E-state index contributed by atoms with van der Waals surface area (Å²) in [6.45, 7) is 0.681. The number of benzene rings is 2. The molecule has 3 aromatic rings. The van der Waals surface area contributed by atoms with Crippen LogP contribution in [0.15, 0.2) is 57.7 Å². The molecule has 2 aromatic carbocycles. The summed E-state index contributed by atoms with van der Waals surface area (Å²) in [6, 6.07) is 13.7. The van der Waals surface area contributed by atoms with Gasteiger partial charge in [0, 0.05) is 22.3 Å². The highest BCUT2D eigenvalue weighted by molar-refractivity contribution is 9.10. The van der Waals surface area contributed by atoms with Crippen molar-refractivity contribution in [2.24, 2.45) is 0 Å². The predicted octanol–water partition coefficient (Wildman–Crippen LogP) is 4.76. The van der Waals surface area contributed by atoms with Crippen molar-refractivity contribution in [1.29, 1.82) is 0 Å². The molecule has 0 radical (unpaired) electrons. The lowest BCUT2D eigenvalue weighted by molar-refractivity contribution is 0.568. The molecular formula is C15H11BrClN3O. The molecule has 4 nitrogen and oxygen atoms in total. The van der Waals surface area contributed by atoms with E-state index in [9.17, 15) is 0 Å². The van der Waals surface area contributed by atoms with E-state index in [-0.39, 0.29) is 0 Å². The van der Waals surface area contributed by atoms with Crippen molar-refractivity contribution in [3.63, 3.8) is 0 Å². The molecule has 1 aromatic heterocycles. The summed E-state index contributed by atoms with van der Waals surface area (Å²) in [4.78, 5) is 0. The van der Waals surface area contributed by atoms with Gasteiger partial charge in [0.05, 0.1) is 5.02 Å². The zero-order valence-electron chi connectivity index (χ0n) is 10.9. The quantitative estimate of drug-likeness (QED) is 0.725. The molecule has 0 unspecified atom stereocenters. The largest absolute Gasteiger partial charge is 0.423 e. The third-order valence-electron chi connectivity index (χ3n) is 2.95. The highest BCUT2D eigenvalue weighted by Gasteiger charge is 2.04. The molecule has 0 bridgehead atoms. The van der Waals surface area contributed by atoms with Crippen LogP contribution >= 0.6 is 27.5 Å². The first-order valence-corrected chi connectivity index (χ1v) is 7.44. The molecule has 106 valence electrons. The second-order valence-electron chi connectivity index (χ2n) is 4.43. The van der Waals surface area contributed by atoms with Crippen LogP contribution in [-0.4, -0.2) is 10.2 Å². The first-order valence-electron chi connectivity index (χ1n) is 6.27. The second kappa shape index (κ2) is 6.28. The molecule has 0 fully saturated rings. The number of nitrogens with one attached hydrogen (secondary N) is 1. The molecule has 21 heavy (non-hydrogen) atoms. The van der Waals surface area contributed by atoms with Crippen LogP contribution in [0.3, 0.4) is 0 Å². The number of anilines is 1. The molecule has 3 rings (SSSR count). The Morgan fingerprint density at radius 1 is 1.19 bits per heavy atom. The zero-order valence-corrected chi connectivity index (χ0v) is 13.2. The summed E-state index contributed by atoms with van der Waals surface area (Å²) in [6.07, 6.45) is 1.32. The van der Waals surface area contributed by atoms with Crippen molar-refractivity contribution >= 4 is 33.2 Å². The number of hydrogen-bond acceptors (Lipinski definition) is 4. The van der Waals surface area contributed by atoms with Crippen LogP contribution in [0.1, 0.15) is 5.56 Å². The fourth-order valence-corrected chi connectivity index (χ4v) is 2.36. The normalized spacial score (nSPS) is 10.6. The number of halogens is 2. The Balaban J connectivity index is 1.73. The average Bonchev–Trinajstić information content (AvgIpc) is 3.03. The summed E-state index contributed by atoms with van der Waals surface area (Å²) in [5, 5.41) is 11.6. The molecule has 0 aliphatic heterocycles. The lowest BCUT2D eigenvalue weighted by atomic mass is 10.2. The standard InChI is InChI=1S/C15H11BrClN3O/c16-13-5-4-10(6-14(13)17)8-18-12-3-1-2-11(7-12)15-20-19-9-21-15/h1-7,9,18H,8H2. The van der Waals surface area contributed by atoms with Gasteiger partial charge in [-0.25, -0.2) is 0 Å². The van der Waals surface area contributed by atoms with E-state index in [1.165, 1.54) is 6.39 Å². The van der Waals surface area contributed by atoms with Crippen LogP contribution in [0.5, 0.6) is 0 Å². The Morgan fingerprint density at radius 2 is 2.10 bits per heavy atom. The molecule has 0 aliphatic rings. The van der Waals surface area contributed by atoms with Crippen LogP contribution in [-0.2, 0) is 6.54 Å². The molecule has 1 N–H and O–H groups in total. The predicted molar refractivity (Wildman–Crippen MR) is 86.2 cm³/mol. The summed E-state index contributed by atoms with van der Waals surface area (Å²) in [7, 11) is 0. The fourth-order valence-electron chi connectivity index (χ4n) is 1.91. The average molecular weight is 365 g/mol. The summed E-state index contributed by atoms with van der Waals surface area (Å²) < 4.78 is 6.09. The van der Waals surface area contributed by atoms with Gasteiger partial charge in [0.25, 0.3) is 0 Å². The van der Waals surface area contributed by atoms with Crippen molar-refractivity contribution in [2.45, 2.75) is 6.54 Å². The number of aromatic nitrogens is 2. The smallest absolute Gasteiger partial charge is 0.247 e. The Kier molecular flexibility index (Phi) is 4.22. The van der Waals surface area contributed by atoms with E-state index < -0.39 is 0 Å². The monoisotopic (exact) mass is 363 g/mol. The molecule has 0 spiro atoms. The van der Waals surface area contributed by atoms with Crippen LogP contribution < -0.4 is 5.32 Å². The number of rotatable bonds is 4. The summed E-state index contributed by atoms with van der Waals surface area (Å²) in [5.74, 6) is 0.505. The maximum absolute atomic E-state index is 6.09. The third-order valence-corrected chi connectivity index (χ3v) is 4.18. The maximum atomic E-state index is 6.09. The van der Waals surface area contributed by atoms with E-state index in [0.29, 0.717) is 17.5 Å². The lowest BCUT2D eigenvalue weighted by Gasteiger charge is -2.08. The minimum atomic E-state index is 0.505. The Bertz CT molecular complexity index is 746. The van der Waals surface area contributed by atoms with Gasteiger partial charge in [-0.15, -0.1) is 10.2 Å². The van der Waals surface area contributed by atoms with Crippen molar-refractivity contribution in [3.8, 4) is 11.5 Å². The van der Waals surface area contributed by atoms with Gasteiger partial charge in [0.2, 0.25) is 12.3 Å². The molecule has 0 aliphatic carbocycles. The van der Waals surface area contributed by atoms with Crippen LogP contribution in [0, 0.1) is 0 Å². The topological polar surface area (TPSA) is 51.0 Å². The number of nitrogens with zero attached hydrogens (tertiary/aromatic N) is 2. The zero-order chi connectivity index (χ0) is 14.7. The van der Waals surface area contributed by atoms with Gasteiger partial charge in [0.15, 0.2) is 0 Å². The summed E-state index contributed by atoms with van der Waals surface area (Å²) >= 11 is 9.47. The minimum Gasteiger partial charge on any atom is -0.423 e.